The average molecular weight is 528 g/mol. The number of aliphatic hydroxyl groups is 1. The number of aliphatic hydroxyl groups excluding tert-OH is 1. The smallest absolute Gasteiger partial charge is 0.228 e. The second-order valence-corrected chi connectivity index (χ2v) is 9.02. The zero-order valence-corrected chi connectivity index (χ0v) is 21.4. The van der Waals surface area contributed by atoms with Crippen LogP contribution in [-0.4, -0.2) is 36.9 Å². The summed E-state index contributed by atoms with van der Waals surface area (Å²) in [4.78, 5) is 12.6. The van der Waals surface area contributed by atoms with Gasteiger partial charge in [0.2, 0.25) is 11.8 Å². The molecule has 0 fully saturated rings. The summed E-state index contributed by atoms with van der Waals surface area (Å²) in [5, 5.41) is 23.6. The Balaban J connectivity index is 1.24. The Morgan fingerprint density at radius 3 is 2.35 bits per heavy atom. The number of nitrogen functional groups attached to an aromatic ring is 1. The van der Waals surface area contributed by atoms with Crippen molar-refractivity contribution in [2.24, 2.45) is 0 Å². The summed E-state index contributed by atoms with van der Waals surface area (Å²) >= 11 is 0. The molecule has 0 saturated carbocycles. The van der Waals surface area contributed by atoms with Gasteiger partial charge in [0.1, 0.15) is 11.4 Å². The van der Waals surface area contributed by atoms with Gasteiger partial charge >= 0.3 is 0 Å². The Hall–Kier alpha value is -5.41. The van der Waals surface area contributed by atoms with E-state index in [2.05, 4.69) is 30.5 Å². The van der Waals surface area contributed by atoms with E-state index < -0.39 is 0 Å². The van der Waals surface area contributed by atoms with E-state index >= 15 is 0 Å². The molecule has 3 aromatic heterocycles. The zero-order chi connectivity index (χ0) is 27.3. The second-order valence-electron chi connectivity index (χ2n) is 9.02. The highest BCUT2D eigenvalue weighted by Crippen LogP contribution is 2.33. The van der Waals surface area contributed by atoms with Crippen molar-refractivity contribution in [3.8, 4) is 34.1 Å². The molecule has 0 atom stereocenters. The lowest BCUT2D eigenvalue weighted by Gasteiger charge is -2.13. The van der Waals surface area contributed by atoms with Crippen molar-refractivity contribution in [2.75, 3.05) is 17.7 Å². The fourth-order valence-corrected chi connectivity index (χ4v) is 4.41. The van der Waals surface area contributed by atoms with Crippen LogP contribution in [0.1, 0.15) is 5.56 Å². The highest BCUT2D eigenvalue weighted by atomic mass is 16.5. The molecule has 0 spiro atoms. The van der Waals surface area contributed by atoms with Gasteiger partial charge in [0.15, 0.2) is 5.82 Å². The van der Waals surface area contributed by atoms with Gasteiger partial charge in [-0.3, -0.25) is 0 Å². The van der Waals surface area contributed by atoms with Crippen LogP contribution in [-0.2, 0) is 6.42 Å². The molecule has 0 aliphatic carbocycles. The van der Waals surface area contributed by atoms with Crippen LogP contribution in [0.4, 0.5) is 17.5 Å². The van der Waals surface area contributed by atoms with Crippen LogP contribution in [0.15, 0.2) is 103 Å². The number of hydrogen-bond donors (Lipinski definition) is 3. The average Bonchev–Trinajstić information content (AvgIpc) is 2.99. The van der Waals surface area contributed by atoms with E-state index in [0.717, 1.165) is 33.3 Å². The number of hydrogen-bond acceptors (Lipinski definition) is 9. The Kier molecular flexibility index (Phi) is 6.93. The molecule has 0 amide bonds. The highest BCUT2D eigenvalue weighted by Gasteiger charge is 2.13. The lowest BCUT2D eigenvalue weighted by molar-refractivity contribution is 0.299. The number of nitrogens with one attached hydrogen (secondary N) is 1. The molecule has 4 N–H and O–H groups in total. The largest absolute Gasteiger partial charge is 0.438 e. The summed E-state index contributed by atoms with van der Waals surface area (Å²) in [7, 11) is 0. The van der Waals surface area contributed by atoms with Gasteiger partial charge in [-0.15, -0.1) is 10.2 Å². The number of aromatic nitrogens is 5. The molecular formula is C31H25N7O2. The maximum atomic E-state index is 9.20. The third-order valence-electron chi connectivity index (χ3n) is 6.37. The standard InChI is InChI=1S/C31H25N7O2/c32-31-34-18-15-27(36-31)26-6-3-17-33-30(26)40-23-13-11-22(12-14-23)35-29-25-5-2-1-4-24(25)28(37-38-29)21-9-7-20(8-10-21)16-19-39/h1-15,17-18,39H,16,19H2,(H,35,38)(H2,32,34,36). The van der Waals surface area contributed by atoms with Crippen LogP contribution in [0.25, 0.3) is 33.3 Å². The van der Waals surface area contributed by atoms with E-state index in [1.807, 2.05) is 84.9 Å². The third-order valence-corrected chi connectivity index (χ3v) is 6.37. The number of rotatable bonds is 8. The molecule has 3 heterocycles. The van der Waals surface area contributed by atoms with Crippen LogP contribution in [0, 0.1) is 0 Å². The first kappa shape index (κ1) is 24.9. The van der Waals surface area contributed by atoms with Crippen molar-refractivity contribution in [2.45, 2.75) is 6.42 Å². The molecule has 0 aliphatic heterocycles. The van der Waals surface area contributed by atoms with Crippen LogP contribution < -0.4 is 15.8 Å². The van der Waals surface area contributed by atoms with E-state index in [-0.39, 0.29) is 12.6 Å². The number of anilines is 3. The Morgan fingerprint density at radius 1 is 0.775 bits per heavy atom. The van der Waals surface area contributed by atoms with Crippen LogP contribution in [0.2, 0.25) is 0 Å². The van der Waals surface area contributed by atoms with Gasteiger partial charge in [-0.25, -0.2) is 15.0 Å². The van der Waals surface area contributed by atoms with Crippen molar-refractivity contribution >= 4 is 28.2 Å². The van der Waals surface area contributed by atoms with E-state index in [9.17, 15) is 5.11 Å². The first-order chi connectivity index (χ1) is 19.7. The number of ether oxygens (including phenoxy) is 1. The van der Waals surface area contributed by atoms with Crippen molar-refractivity contribution in [3.63, 3.8) is 0 Å². The minimum Gasteiger partial charge on any atom is -0.438 e. The molecule has 0 aliphatic rings. The molecule has 6 aromatic rings. The molecule has 9 nitrogen and oxygen atoms in total. The molecule has 9 heteroatoms. The molecule has 3 aromatic carbocycles. The summed E-state index contributed by atoms with van der Waals surface area (Å²) in [5.74, 6) is 1.86. The van der Waals surface area contributed by atoms with Gasteiger partial charge in [0.05, 0.1) is 11.3 Å². The quantitative estimate of drug-likeness (QED) is 0.225. The second kappa shape index (κ2) is 11.1. The van der Waals surface area contributed by atoms with Gasteiger partial charge in [-0.1, -0.05) is 48.5 Å². The Bertz CT molecular complexity index is 1770. The Labute approximate surface area is 230 Å². The molecular weight excluding hydrogens is 502 g/mol. The number of pyridine rings is 1. The van der Waals surface area contributed by atoms with Crippen LogP contribution >= 0.6 is 0 Å². The lowest BCUT2D eigenvalue weighted by Crippen LogP contribution is -2.00. The minimum atomic E-state index is 0.123. The summed E-state index contributed by atoms with van der Waals surface area (Å²) in [5.41, 5.74) is 10.8. The van der Waals surface area contributed by atoms with Gasteiger partial charge in [0, 0.05) is 41.0 Å². The monoisotopic (exact) mass is 527 g/mol. The highest BCUT2D eigenvalue weighted by molar-refractivity contribution is 6.00. The fraction of sp³-hybridized carbons (Fsp3) is 0.0645. The molecule has 0 radical (unpaired) electrons. The van der Waals surface area contributed by atoms with E-state index in [0.29, 0.717) is 35.1 Å². The van der Waals surface area contributed by atoms with Crippen molar-refractivity contribution in [3.05, 3.63) is 109 Å². The Morgan fingerprint density at radius 2 is 1.57 bits per heavy atom. The molecule has 0 unspecified atom stereocenters. The molecule has 196 valence electrons. The lowest BCUT2D eigenvalue weighted by atomic mass is 10.0. The topological polar surface area (TPSA) is 132 Å². The number of fused-ring (bicyclic) bond motifs is 1. The van der Waals surface area contributed by atoms with Gasteiger partial charge in [-0.05, 0) is 54.4 Å². The molecule has 0 saturated heterocycles. The van der Waals surface area contributed by atoms with Crippen LogP contribution in [0.5, 0.6) is 11.6 Å². The van der Waals surface area contributed by atoms with Crippen molar-refractivity contribution < 1.29 is 9.84 Å². The van der Waals surface area contributed by atoms with Gasteiger partial charge < -0.3 is 20.9 Å². The molecule has 40 heavy (non-hydrogen) atoms. The predicted octanol–water partition coefficient (Wildman–Crippen LogP) is 5.80. The SMILES string of the molecule is Nc1nccc(-c2cccnc2Oc2ccc(Nc3nnc(-c4ccc(CCO)cc4)c4ccccc34)cc2)n1. The number of nitrogens with zero attached hydrogens (tertiary/aromatic N) is 5. The number of benzene rings is 3. The van der Waals surface area contributed by atoms with E-state index in [1.165, 1.54) is 0 Å². The van der Waals surface area contributed by atoms with Crippen molar-refractivity contribution in [1.29, 1.82) is 0 Å². The maximum absolute atomic E-state index is 9.20. The van der Waals surface area contributed by atoms with Gasteiger partial charge in [0.25, 0.3) is 0 Å². The normalized spacial score (nSPS) is 10.9. The minimum absolute atomic E-state index is 0.123. The van der Waals surface area contributed by atoms with E-state index in [1.54, 1.807) is 18.5 Å². The van der Waals surface area contributed by atoms with Gasteiger partial charge in [-0.2, -0.15) is 0 Å². The molecule has 6 rings (SSSR count). The third kappa shape index (κ3) is 5.27. The number of nitrogens with two attached hydrogens (primary N) is 1. The summed E-state index contributed by atoms with van der Waals surface area (Å²) in [6.07, 6.45) is 3.89. The first-order valence-electron chi connectivity index (χ1n) is 12.7. The predicted molar refractivity (Wildman–Crippen MR) is 155 cm³/mol. The molecule has 0 bridgehead atoms. The zero-order valence-electron chi connectivity index (χ0n) is 21.4. The summed E-state index contributed by atoms with van der Waals surface area (Å²) in [6.45, 7) is 0.123. The maximum Gasteiger partial charge on any atom is 0.228 e. The summed E-state index contributed by atoms with van der Waals surface area (Å²) in [6, 6.07) is 29.1. The van der Waals surface area contributed by atoms with E-state index in [4.69, 9.17) is 10.5 Å². The van der Waals surface area contributed by atoms with Crippen molar-refractivity contribution in [1.82, 2.24) is 25.1 Å². The fourth-order valence-electron chi connectivity index (χ4n) is 4.41. The van der Waals surface area contributed by atoms with Crippen LogP contribution in [0.3, 0.4) is 0 Å². The first-order valence-corrected chi connectivity index (χ1v) is 12.7. The summed E-state index contributed by atoms with van der Waals surface area (Å²) < 4.78 is 6.09.